The van der Waals surface area contributed by atoms with Gasteiger partial charge >= 0.3 is 0 Å². The van der Waals surface area contributed by atoms with Gasteiger partial charge in [0.1, 0.15) is 5.75 Å². The number of aromatic nitrogens is 3. The lowest BCUT2D eigenvalue weighted by atomic mass is 9.89. The van der Waals surface area contributed by atoms with Crippen LogP contribution < -0.4 is 10.3 Å². The van der Waals surface area contributed by atoms with Gasteiger partial charge in [0.25, 0.3) is 5.56 Å². The molecule has 3 aromatic heterocycles. The van der Waals surface area contributed by atoms with E-state index in [0.29, 0.717) is 23.8 Å². The molecular formula is C25H25N5O2. The summed E-state index contributed by atoms with van der Waals surface area (Å²) in [5.41, 5.74) is 4.66. The number of ether oxygens (including phenoxy) is 1. The molecule has 0 amide bonds. The van der Waals surface area contributed by atoms with Gasteiger partial charge in [-0.2, -0.15) is 5.26 Å². The van der Waals surface area contributed by atoms with Crippen molar-refractivity contribution in [2.45, 2.75) is 25.3 Å². The number of nitriles is 1. The number of hydrogen-bond acceptors (Lipinski definition) is 5. The predicted molar refractivity (Wildman–Crippen MR) is 124 cm³/mol. The van der Waals surface area contributed by atoms with Crippen LogP contribution in [0.4, 0.5) is 0 Å². The molecule has 0 saturated carbocycles. The molecule has 1 aromatic carbocycles. The maximum Gasteiger partial charge on any atom is 0.251 e. The molecule has 7 nitrogen and oxygen atoms in total. The van der Waals surface area contributed by atoms with Crippen molar-refractivity contribution < 1.29 is 4.74 Å². The van der Waals surface area contributed by atoms with Crippen molar-refractivity contribution in [2.75, 3.05) is 26.7 Å². The van der Waals surface area contributed by atoms with Gasteiger partial charge in [0.2, 0.25) is 0 Å². The molecule has 1 aliphatic rings. The number of benzene rings is 1. The van der Waals surface area contributed by atoms with Crippen LogP contribution in [-0.2, 0) is 6.54 Å². The minimum absolute atomic E-state index is 0.0190. The number of nitrogens with one attached hydrogen (secondary N) is 1. The maximum atomic E-state index is 12.5. The quantitative estimate of drug-likeness (QED) is 0.525. The molecule has 1 N–H and O–H groups in total. The number of methoxy groups -OCH3 is 1. The average molecular weight is 428 g/mol. The lowest BCUT2D eigenvalue weighted by molar-refractivity contribution is 0.206. The number of piperidine rings is 1. The molecule has 0 unspecified atom stereocenters. The summed E-state index contributed by atoms with van der Waals surface area (Å²) in [5, 5.41) is 10.4. The van der Waals surface area contributed by atoms with E-state index in [-0.39, 0.29) is 5.56 Å². The highest BCUT2D eigenvalue weighted by atomic mass is 16.5. The van der Waals surface area contributed by atoms with E-state index >= 15 is 0 Å². The molecule has 4 aromatic rings. The number of nitrogens with zero attached hydrogens (tertiary/aromatic N) is 4. The summed E-state index contributed by atoms with van der Waals surface area (Å²) in [4.78, 5) is 22.7. The first-order chi connectivity index (χ1) is 15.7. The van der Waals surface area contributed by atoms with Gasteiger partial charge in [-0.15, -0.1) is 0 Å². The van der Waals surface area contributed by atoms with E-state index < -0.39 is 0 Å². The number of pyridine rings is 2. The zero-order valence-corrected chi connectivity index (χ0v) is 18.0. The van der Waals surface area contributed by atoms with Crippen LogP contribution in [0.15, 0.2) is 53.6 Å². The first-order valence-electron chi connectivity index (χ1n) is 10.9. The first-order valence-corrected chi connectivity index (χ1v) is 10.9. The number of aromatic amines is 1. The lowest BCUT2D eigenvalue weighted by Crippen LogP contribution is -2.36. The summed E-state index contributed by atoms with van der Waals surface area (Å²) < 4.78 is 7.09. The molecule has 0 radical (unpaired) electrons. The molecule has 32 heavy (non-hydrogen) atoms. The minimum Gasteiger partial charge on any atom is -0.495 e. The average Bonchev–Trinajstić information content (AvgIpc) is 3.26. The molecule has 0 bridgehead atoms. The number of likely N-dealkylation sites (tertiary alicyclic amines) is 1. The second-order valence-corrected chi connectivity index (χ2v) is 8.33. The predicted octanol–water partition coefficient (Wildman–Crippen LogP) is 3.64. The van der Waals surface area contributed by atoms with Gasteiger partial charge in [-0.3, -0.25) is 9.78 Å². The largest absolute Gasteiger partial charge is 0.495 e. The molecule has 162 valence electrons. The van der Waals surface area contributed by atoms with Crippen LogP contribution in [0.2, 0.25) is 0 Å². The van der Waals surface area contributed by atoms with Gasteiger partial charge in [-0.25, -0.2) is 0 Å². The summed E-state index contributed by atoms with van der Waals surface area (Å²) in [6.45, 7) is 3.40. The van der Waals surface area contributed by atoms with E-state index in [1.54, 1.807) is 30.0 Å². The Balaban J connectivity index is 1.28. The topological polar surface area (TPSA) is 86.9 Å². The van der Waals surface area contributed by atoms with Crippen molar-refractivity contribution in [1.82, 2.24) is 19.4 Å². The maximum absolute atomic E-state index is 12.5. The third kappa shape index (κ3) is 3.74. The standard InChI is InChI=1S/C25H25N5O2/c1-32-19-13-24-23(27-15-19)4-5-25(31)30(24)11-10-29-8-6-18(7-9-29)21-16-28-22-3-2-17(14-26)12-20(21)22/h2-5,12-13,15-16,18,28H,6-11H2,1H3. The number of fused-ring (bicyclic) bond motifs is 2. The Morgan fingerprint density at radius 2 is 2.03 bits per heavy atom. The monoisotopic (exact) mass is 427 g/mol. The molecule has 1 aliphatic heterocycles. The zero-order valence-electron chi connectivity index (χ0n) is 18.0. The second kappa shape index (κ2) is 8.48. The highest BCUT2D eigenvalue weighted by molar-refractivity contribution is 5.85. The summed E-state index contributed by atoms with van der Waals surface area (Å²) in [6, 6.07) is 13.3. The molecule has 5 rings (SSSR count). The fourth-order valence-corrected chi connectivity index (χ4v) is 4.75. The molecular weight excluding hydrogens is 402 g/mol. The Bertz CT molecular complexity index is 1370. The third-order valence-electron chi connectivity index (χ3n) is 6.56. The van der Waals surface area contributed by atoms with Crippen molar-refractivity contribution >= 4 is 21.9 Å². The lowest BCUT2D eigenvalue weighted by Gasteiger charge is -2.32. The van der Waals surface area contributed by atoms with Gasteiger partial charge in [-0.05, 0) is 61.7 Å². The highest BCUT2D eigenvalue weighted by Gasteiger charge is 2.23. The van der Waals surface area contributed by atoms with Crippen molar-refractivity contribution in [3.63, 3.8) is 0 Å². The SMILES string of the molecule is COc1cnc2ccc(=O)n(CCN3CCC(c4c[nH]c5ccc(C#N)cc45)CC3)c2c1. The van der Waals surface area contributed by atoms with Gasteiger partial charge in [0, 0.05) is 42.3 Å². The van der Waals surface area contributed by atoms with Gasteiger partial charge in [0.05, 0.1) is 36.0 Å². The van der Waals surface area contributed by atoms with Crippen LogP contribution in [0.5, 0.6) is 5.75 Å². The van der Waals surface area contributed by atoms with Crippen LogP contribution in [0.3, 0.4) is 0 Å². The van der Waals surface area contributed by atoms with Crippen LogP contribution in [0, 0.1) is 11.3 Å². The van der Waals surface area contributed by atoms with E-state index in [4.69, 9.17) is 4.74 Å². The van der Waals surface area contributed by atoms with Gasteiger partial charge < -0.3 is 19.2 Å². The normalized spacial score (nSPS) is 15.2. The van der Waals surface area contributed by atoms with E-state index in [1.807, 2.05) is 24.3 Å². The van der Waals surface area contributed by atoms with Crippen molar-refractivity contribution in [1.29, 1.82) is 5.26 Å². The molecule has 7 heteroatoms. The summed E-state index contributed by atoms with van der Waals surface area (Å²) in [7, 11) is 1.60. The van der Waals surface area contributed by atoms with Crippen LogP contribution in [0.1, 0.15) is 29.9 Å². The van der Waals surface area contributed by atoms with E-state index in [2.05, 4.69) is 27.1 Å². The molecule has 0 spiro atoms. The zero-order chi connectivity index (χ0) is 22.1. The number of H-pyrrole nitrogens is 1. The summed E-state index contributed by atoms with van der Waals surface area (Å²) in [6.07, 6.45) is 5.89. The molecule has 0 aliphatic carbocycles. The van der Waals surface area contributed by atoms with E-state index in [9.17, 15) is 10.1 Å². The molecule has 0 atom stereocenters. The number of hydrogen-bond donors (Lipinski definition) is 1. The summed E-state index contributed by atoms with van der Waals surface area (Å²) in [5.74, 6) is 1.12. The fourth-order valence-electron chi connectivity index (χ4n) is 4.75. The van der Waals surface area contributed by atoms with E-state index in [1.165, 1.54) is 5.56 Å². The van der Waals surface area contributed by atoms with Crippen molar-refractivity contribution in [3.05, 3.63) is 70.3 Å². The van der Waals surface area contributed by atoms with Crippen LogP contribution in [-0.4, -0.2) is 46.2 Å². The second-order valence-electron chi connectivity index (χ2n) is 8.33. The van der Waals surface area contributed by atoms with Crippen LogP contribution >= 0.6 is 0 Å². The third-order valence-corrected chi connectivity index (χ3v) is 6.56. The van der Waals surface area contributed by atoms with Gasteiger partial charge in [-0.1, -0.05) is 0 Å². The van der Waals surface area contributed by atoms with Gasteiger partial charge in [0.15, 0.2) is 0 Å². The molecule has 1 saturated heterocycles. The van der Waals surface area contributed by atoms with E-state index in [0.717, 1.165) is 54.4 Å². The fraction of sp³-hybridized carbons (Fsp3) is 0.320. The molecule has 1 fully saturated rings. The van der Waals surface area contributed by atoms with Crippen molar-refractivity contribution in [2.24, 2.45) is 0 Å². The smallest absolute Gasteiger partial charge is 0.251 e. The Morgan fingerprint density at radius 1 is 1.19 bits per heavy atom. The van der Waals surface area contributed by atoms with Crippen LogP contribution in [0.25, 0.3) is 21.9 Å². The Kier molecular flexibility index (Phi) is 5.38. The highest BCUT2D eigenvalue weighted by Crippen LogP contribution is 2.33. The van der Waals surface area contributed by atoms with Crippen molar-refractivity contribution in [3.8, 4) is 11.8 Å². The Morgan fingerprint density at radius 3 is 2.81 bits per heavy atom. The Labute approximate surface area is 185 Å². The minimum atomic E-state index is -0.0190. The molecule has 4 heterocycles. The first kappa shape index (κ1) is 20.3. The summed E-state index contributed by atoms with van der Waals surface area (Å²) >= 11 is 0. The Hall–Kier alpha value is -3.63. The number of rotatable bonds is 5.